The molecule has 0 saturated carbocycles. The first-order valence-electron chi connectivity index (χ1n) is 6.43. The Bertz CT molecular complexity index is 474. The molecule has 112 valence electrons. The van der Waals surface area contributed by atoms with Gasteiger partial charge >= 0.3 is 5.97 Å². The van der Waals surface area contributed by atoms with E-state index < -0.39 is 5.97 Å². The molecule has 0 radical (unpaired) electrons. The summed E-state index contributed by atoms with van der Waals surface area (Å²) >= 11 is 2.98. The summed E-state index contributed by atoms with van der Waals surface area (Å²) in [5.74, 6) is 0.332. The number of nitrogens with one attached hydrogen (secondary N) is 1. The van der Waals surface area contributed by atoms with Crippen LogP contribution in [-0.2, 0) is 4.74 Å². The van der Waals surface area contributed by atoms with Crippen LogP contribution in [0.15, 0.2) is 0 Å². The quantitative estimate of drug-likeness (QED) is 0.587. The first kappa shape index (κ1) is 17.0. The van der Waals surface area contributed by atoms with Crippen molar-refractivity contribution in [3.8, 4) is 0 Å². The number of anilines is 1. The van der Waals surface area contributed by atoms with Crippen molar-refractivity contribution in [1.82, 2.24) is 4.98 Å². The van der Waals surface area contributed by atoms with E-state index in [1.54, 1.807) is 18.7 Å². The van der Waals surface area contributed by atoms with Crippen LogP contribution >= 0.6 is 23.1 Å². The van der Waals surface area contributed by atoms with E-state index in [1.165, 1.54) is 18.3 Å². The zero-order valence-electron chi connectivity index (χ0n) is 12.2. The molecule has 20 heavy (non-hydrogen) atoms. The maximum Gasteiger partial charge on any atom is 0.358 e. The summed E-state index contributed by atoms with van der Waals surface area (Å²) in [7, 11) is 0. The number of carbonyl (C=O) groups is 2. The molecule has 0 aliphatic carbocycles. The molecule has 0 aromatic carbocycles. The van der Waals surface area contributed by atoms with Gasteiger partial charge in [-0.15, -0.1) is 0 Å². The van der Waals surface area contributed by atoms with Gasteiger partial charge in [-0.3, -0.25) is 4.79 Å². The van der Waals surface area contributed by atoms with Crippen LogP contribution in [0.1, 0.15) is 47.4 Å². The van der Waals surface area contributed by atoms with Gasteiger partial charge in [-0.05, 0) is 32.3 Å². The Labute approximate surface area is 127 Å². The van der Waals surface area contributed by atoms with Gasteiger partial charge in [-0.2, -0.15) is 11.8 Å². The van der Waals surface area contributed by atoms with E-state index in [1.807, 2.05) is 0 Å². The Morgan fingerprint density at radius 1 is 1.50 bits per heavy atom. The smallest absolute Gasteiger partial charge is 0.358 e. The van der Waals surface area contributed by atoms with Crippen molar-refractivity contribution in [3.63, 3.8) is 0 Å². The molecule has 1 atom stereocenters. The second-order valence-electron chi connectivity index (χ2n) is 4.30. The molecule has 1 rings (SSSR count). The number of aromatic nitrogens is 1. The van der Waals surface area contributed by atoms with Crippen LogP contribution in [0.25, 0.3) is 0 Å². The fraction of sp³-hybridized carbons (Fsp3) is 0.615. The monoisotopic (exact) mass is 316 g/mol. The van der Waals surface area contributed by atoms with E-state index >= 15 is 0 Å². The van der Waals surface area contributed by atoms with Crippen LogP contribution in [0, 0.1) is 0 Å². The number of nitrogens with zero attached hydrogens (tertiary/aromatic N) is 1. The molecule has 1 N–H and O–H groups in total. The van der Waals surface area contributed by atoms with Crippen molar-refractivity contribution in [1.29, 1.82) is 0 Å². The number of hydrogen-bond acceptors (Lipinski definition) is 7. The number of rotatable bonds is 8. The van der Waals surface area contributed by atoms with E-state index in [4.69, 9.17) is 4.74 Å². The summed E-state index contributed by atoms with van der Waals surface area (Å²) < 4.78 is 4.92. The van der Waals surface area contributed by atoms with Crippen molar-refractivity contribution >= 4 is 40.0 Å². The van der Waals surface area contributed by atoms with Gasteiger partial charge in [0.05, 0.1) is 6.61 Å². The minimum Gasteiger partial charge on any atom is -0.461 e. The fourth-order valence-electron chi connectivity index (χ4n) is 1.54. The maximum absolute atomic E-state index is 11.8. The van der Waals surface area contributed by atoms with E-state index in [0.29, 0.717) is 10.0 Å². The van der Waals surface area contributed by atoms with Crippen LogP contribution in [0.4, 0.5) is 5.13 Å². The molecule has 1 heterocycles. The number of esters is 1. The van der Waals surface area contributed by atoms with E-state index in [9.17, 15) is 9.59 Å². The summed E-state index contributed by atoms with van der Waals surface area (Å²) in [6.07, 6.45) is 3.05. The fourth-order valence-corrected chi connectivity index (χ4v) is 3.08. The largest absolute Gasteiger partial charge is 0.461 e. The third kappa shape index (κ3) is 4.79. The van der Waals surface area contributed by atoms with Crippen molar-refractivity contribution in [2.45, 2.75) is 33.2 Å². The van der Waals surface area contributed by atoms with E-state index in [2.05, 4.69) is 23.5 Å². The highest BCUT2D eigenvalue weighted by Crippen LogP contribution is 2.25. The third-order valence-corrected chi connectivity index (χ3v) is 4.27. The standard InChI is InChI=1S/C13H20N2O3S2/c1-5-18-12(17)10-11(9(3)16)20-13(15-10)14-8(2)6-7-19-4/h8H,5-7H2,1-4H3,(H,14,15). The number of carbonyl (C=O) groups excluding carboxylic acids is 2. The van der Waals surface area contributed by atoms with Crippen molar-refractivity contribution in [3.05, 3.63) is 10.6 Å². The van der Waals surface area contributed by atoms with E-state index in [0.717, 1.165) is 12.2 Å². The zero-order chi connectivity index (χ0) is 15.1. The van der Waals surface area contributed by atoms with Crippen LogP contribution in [0.5, 0.6) is 0 Å². The molecule has 5 nitrogen and oxygen atoms in total. The average molecular weight is 316 g/mol. The van der Waals surface area contributed by atoms with Crippen LogP contribution in [-0.4, -0.2) is 41.4 Å². The molecule has 1 unspecified atom stereocenters. The minimum atomic E-state index is -0.543. The molecule has 0 bridgehead atoms. The molecule has 1 aromatic rings. The molecular formula is C13H20N2O3S2. The van der Waals surface area contributed by atoms with Gasteiger partial charge in [-0.1, -0.05) is 11.3 Å². The first-order chi connectivity index (χ1) is 9.49. The Balaban J connectivity index is 2.86. The SMILES string of the molecule is CCOC(=O)c1nc(NC(C)CCSC)sc1C(C)=O. The van der Waals surface area contributed by atoms with Gasteiger partial charge in [-0.25, -0.2) is 9.78 Å². The van der Waals surface area contributed by atoms with Gasteiger partial charge in [0.15, 0.2) is 16.6 Å². The lowest BCUT2D eigenvalue weighted by Crippen LogP contribution is -2.16. The molecule has 0 spiro atoms. The lowest BCUT2D eigenvalue weighted by atomic mass is 10.3. The highest BCUT2D eigenvalue weighted by Gasteiger charge is 2.22. The molecule has 0 fully saturated rings. The molecule has 0 aliphatic rings. The minimum absolute atomic E-state index is 0.115. The average Bonchev–Trinajstić information content (AvgIpc) is 2.80. The number of hydrogen-bond donors (Lipinski definition) is 1. The highest BCUT2D eigenvalue weighted by atomic mass is 32.2. The second kappa shape index (κ2) is 8.26. The Morgan fingerprint density at radius 2 is 2.20 bits per heavy atom. The Hall–Kier alpha value is -1.08. The number of thiazole rings is 1. The van der Waals surface area contributed by atoms with Crippen LogP contribution in [0.3, 0.4) is 0 Å². The first-order valence-corrected chi connectivity index (χ1v) is 8.65. The lowest BCUT2D eigenvalue weighted by molar-refractivity contribution is 0.0517. The maximum atomic E-state index is 11.8. The van der Waals surface area contributed by atoms with Crippen molar-refractivity contribution in [2.24, 2.45) is 0 Å². The third-order valence-electron chi connectivity index (χ3n) is 2.54. The summed E-state index contributed by atoms with van der Waals surface area (Å²) in [6, 6.07) is 0.239. The summed E-state index contributed by atoms with van der Waals surface area (Å²) in [5, 5.41) is 3.81. The predicted octanol–water partition coefficient (Wildman–Crippen LogP) is 3.08. The normalized spacial score (nSPS) is 12.0. The molecule has 1 aromatic heterocycles. The van der Waals surface area contributed by atoms with Crippen molar-refractivity contribution in [2.75, 3.05) is 23.9 Å². The topological polar surface area (TPSA) is 68.3 Å². The van der Waals surface area contributed by atoms with Gasteiger partial charge in [0.2, 0.25) is 0 Å². The summed E-state index contributed by atoms with van der Waals surface area (Å²) in [5.41, 5.74) is 0.115. The van der Waals surface area contributed by atoms with Crippen LogP contribution < -0.4 is 5.32 Å². The van der Waals surface area contributed by atoms with Gasteiger partial charge < -0.3 is 10.1 Å². The van der Waals surface area contributed by atoms with Crippen LogP contribution in [0.2, 0.25) is 0 Å². The molecule has 0 amide bonds. The summed E-state index contributed by atoms with van der Waals surface area (Å²) in [4.78, 5) is 27.9. The number of thioether (sulfide) groups is 1. The number of ether oxygens (including phenoxy) is 1. The van der Waals surface area contributed by atoms with Gasteiger partial charge in [0.1, 0.15) is 4.88 Å². The van der Waals surface area contributed by atoms with Gasteiger partial charge in [0.25, 0.3) is 0 Å². The number of ketones is 1. The lowest BCUT2D eigenvalue weighted by Gasteiger charge is -2.11. The highest BCUT2D eigenvalue weighted by molar-refractivity contribution is 7.98. The molecule has 0 aliphatic heterocycles. The molecule has 0 saturated heterocycles. The molecular weight excluding hydrogens is 296 g/mol. The summed E-state index contributed by atoms with van der Waals surface area (Å²) in [6.45, 7) is 5.47. The zero-order valence-corrected chi connectivity index (χ0v) is 13.8. The van der Waals surface area contributed by atoms with E-state index in [-0.39, 0.29) is 24.1 Å². The molecule has 7 heteroatoms. The number of Topliss-reactive ketones (excluding diaryl/α,β-unsaturated/α-hetero) is 1. The Kier molecular flexibility index (Phi) is 7.01. The Morgan fingerprint density at radius 3 is 2.75 bits per heavy atom. The predicted molar refractivity (Wildman–Crippen MR) is 84.2 cm³/mol. The van der Waals surface area contributed by atoms with Crippen molar-refractivity contribution < 1.29 is 14.3 Å². The van der Waals surface area contributed by atoms with Gasteiger partial charge in [0, 0.05) is 13.0 Å². The second-order valence-corrected chi connectivity index (χ2v) is 6.28.